The van der Waals surface area contributed by atoms with E-state index >= 15 is 0 Å². The summed E-state index contributed by atoms with van der Waals surface area (Å²) in [4.78, 5) is 15.5. The first-order valence-corrected chi connectivity index (χ1v) is 22.1. The van der Waals surface area contributed by atoms with Gasteiger partial charge in [-0.2, -0.15) is 0 Å². The van der Waals surface area contributed by atoms with Crippen LogP contribution in [0.2, 0.25) is 0 Å². The van der Waals surface area contributed by atoms with Crippen molar-refractivity contribution in [2.24, 2.45) is 0 Å². The number of hydrogen-bond acceptors (Lipinski definition) is 3. The summed E-state index contributed by atoms with van der Waals surface area (Å²) in [7, 11) is 0. The highest BCUT2D eigenvalue weighted by Gasteiger charge is 2.19. The lowest BCUT2D eigenvalue weighted by Gasteiger charge is -2.16. The van der Waals surface area contributed by atoms with Crippen molar-refractivity contribution >= 4 is 64.9 Å². The van der Waals surface area contributed by atoms with Crippen molar-refractivity contribution in [3.63, 3.8) is 0 Å². The molecular formula is C61H38N4. The van der Waals surface area contributed by atoms with Crippen molar-refractivity contribution in [2.75, 3.05) is 0 Å². The summed E-state index contributed by atoms with van der Waals surface area (Å²) >= 11 is 0. The number of hydrogen-bond donors (Lipinski definition) is 0. The van der Waals surface area contributed by atoms with Gasteiger partial charge in [0.2, 0.25) is 0 Å². The van der Waals surface area contributed by atoms with Crippen LogP contribution in [0, 0.1) is 0 Å². The molecule has 2 aromatic heterocycles. The third-order valence-corrected chi connectivity index (χ3v) is 13.0. The van der Waals surface area contributed by atoms with Crippen molar-refractivity contribution in [1.29, 1.82) is 0 Å². The molecule has 0 spiro atoms. The Kier molecular flexibility index (Phi) is 8.50. The minimum absolute atomic E-state index is 0.623. The van der Waals surface area contributed by atoms with Crippen LogP contribution in [-0.2, 0) is 0 Å². The van der Waals surface area contributed by atoms with Gasteiger partial charge in [-0.3, -0.25) is 0 Å². The van der Waals surface area contributed by atoms with Gasteiger partial charge in [0.05, 0.1) is 11.0 Å². The van der Waals surface area contributed by atoms with Crippen molar-refractivity contribution in [3.8, 4) is 62.1 Å². The molecule has 0 radical (unpaired) electrons. The Morgan fingerprint density at radius 3 is 1.38 bits per heavy atom. The second-order valence-electron chi connectivity index (χ2n) is 16.7. The van der Waals surface area contributed by atoms with Crippen LogP contribution in [-0.4, -0.2) is 19.5 Å². The van der Waals surface area contributed by atoms with E-state index in [9.17, 15) is 0 Å². The Bertz CT molecular complexity index is 4000. The molecule has 13 rings (SSSR count). The van der Waals surface area contributed by atoms with E-state index in [2.05, 4.69) is 217 Å². The average Bonchev–Trinajstić information content (AvgIpc) is 3.72. The van der Waals surface area contributed by atoms with Crippen LogP contribution in [0.3, 0.4) is 0 Å². The quantitative estimate of drug-likeness (QED) is 0.157. The zero-order valence-corrected chi connectivity index (χ0v) is 35.2. The van der Waals surface area contributed by atoms with E-state index in [0.29, 0.717) is 17.5 Å². The summed E-state index contributed by atoms with van der Waals surface area (Å²) in [5.41, 5.74) is 10.8. The molecule has 2 heterocycles. The SMILES string of the molecule is c1ccc(-c2nc(-c3cccc(-c4cccc(-c5cc6c7ccccc7c7ccccc7c6c6ccccc56)c4)c3)nc(-c3ccc4c(c3)c3ccccc3n4-c3ccccc3)n2)cc1. The van der Waals surface area contributed by atoms with Crippen LogP contribution in [0.15, 0.2) is 231 Å². The standard InChI is InChI=1S/C61H38N4/c1-3-17-39(18-4-1)59-62-60(64-61(63-59)44-33-34-57-54(37-44)50-29-13-14-32-56(50)65(57)45-23-5-2-6-24-45)43-22-16-20-41(36-43)40-19-15-21-42(35-40)53-38-55-48-27-8-7-25-46(48)47-26-9-11-30-51(47)58(55)52-31-12-10-28-49(52)53/h1-38H. The number of nitrogens with zero attached hydrogens (tertiary/aromatic N) is 4. The van der Waals surface area contributed by atoms with E-state index in [4.69, 9.17) is 15.0 Å². The molecule has 0 bridgehead atoms. The second-order valence-corrected chi connectivity index (χ2v) is 16.7. The third kappa shape index (κ3) is 6.11. The van der Waals surface area contributed by atoms with Gasteiger partial charge in [-0.05, 0) is 120 Å². The molecule has 0 aliphatic rings. The monoisotopic (exact) mass is 826 g/mol. The van der Waals surface area contributed by atoms with E-state index in [1.165, 1.54) is 59.6 Å². The maximum absolute atomic E-state index is 5.23. The highest BCUT2D eigenvalue weighted by molar-refractivity contribution is 6.33. The van der Waals surface area contributed by atoms with E-state index in [0.717, 1.165) is 49.9 Å². The molecule has 4 heteroatoms. The first kappa shape index (κ1) is 36.9. The zero-order valence-electron chi connectivity index (χ0n) is 35.2. The van der Waals surface area contributed by atoms with Gasteiger partial charge in [0, 0.05) is 33.2 Å². The summed E-state index contributed by atoms with van der Waals surface area (Å²) in [5.74, 6) is 1.88. The fourth-order valence-electron chi connectivity index (χ4n) is 10.0. The van der Waals surface area contributed by atoms with Crippen LogP contribution >= 0.6 is 0 Å². The molecular weight excluding hydrogens is 789 g/mol. The molecule has 0 saturated carbocycles. The Labute approximate surface area is 375 Å². The number of rotatable bonds is 6. The molecule has 0 aliphatic heterocycles. The lowest BCUT2D eigenvalue weighted by Crippen LogP contribution is -2.00. The molecule has 0 fully saturated rings. The predicted molar refractivity (Wildman–Crippen MR) is 271 cm³/mol. The molecule has 13 aromatic rings. The molecule has 11 aromatic carbocycles. The molecule has 0 saturated heterocycles. The van der Waals surface area contributed by atoms with Crippen LogP contribution in [0.25, 0.3) is 127 Å². The van der Waals surface area contributed by atoms with E-state index in [1.54, 1.807) is 0 Å². The summed E-state index contributed by atoms with van der Waals surface area (Å²) in [6, 6.07) is 82.3. The summed E-state index contributed by atoms with van der Waals surface area (Å²) in [5, 5.41) is 12.5. The molecule has 0 amide bonds. The van der Waals surface area contributed by atoms with E-state index in [-0.39, 0.29) is 0 Å². The predicted octanol–water partition coefficient (Wildman–Crippen LogP) is 15.9. The Morgan fingerprint density at radius 1 is 0.246 bits per heavy atom. The molecule has 0 N–H and O–H groups in total. The van der Waals surface area contributed by atoms with Crippen molar-refractivity contribution in [2.45, 2.75) is 0 Å². The molecule has 4 nitrogen and oxygen atoms in total. The van der Waals surface area contributed by atoms with Crippen LogP contribution in [0.1, 0.15) is 0 Å². The van der Waals surface area contributed by atoms with Crippen molar-refractivity contribution in [1.82, 2.24) is 19.5 Å². The Hall–Kier alpha value is -8.73. The smallest absolute Gasteiger partial charge is 0.164 e. The van der Waals surface area contributed by atoms with E-state index in [1.807, 2.05) is 18.2 Å². The first-order valence-electron chi connectivity index (χ1n) is 22.1. The van der Waals surface area contributed by atoms with Gasteiger partial charge >= 0.3 is 0 Å². The Balaban J connectivity index is 0.947. The maximum atomic E-state index is 5.23. The largest absolute Gasteiger partial charge is 0.309 e. The molecule has 302 valence electrons. The van der Waals surface area contributed by atoms with Crippen LogP contribution in [0.4, 0.5) is 0 Å². The van der Waals surface area contributed by atoms with Gasteiger partial charge in [0.1, 0.15) is 0 Å². The highest BCUT2D eigenvalue weighted by atomic mass is 15.0. The molecule has 0 atom stereocenters. The normalized spacial score (nSPS) is 11.7. The fraction of sp³-hybridized carbons (Fsp3) is 0. The minimum Gasteiger partial charge on any atom is -0.309 e. The summed E-state index contributed by atoms with van der Waals surface area (Å²) in [6.07, 6.45) is 0. The third-order valence-electron chi connectivity index (χ3n) is 13.0. The fourth-order valence-corrected chi connectivity index (χ4v) is 10.0. The number of fused-ring (bicyclic) bond motifs is 11. The van der Waals surface area contributed by atoms with Crippen LogP contribution in [0.5, 0.6) is 0 Å². The Morgan fingerprint density at radius 2 is 0.692 bits per heavy atom. The van der Waals surface area contributed by atoms with Gasteiger partial charge in [0.25, 0.3) is 0 Å². The zero-order chi connectivity index (χ0) is 42.8. The van der Waals surface area contributed by atoms with Gasteiger partial charge in [-0.1, -0.05) is 176 Å². The topological polar surface area (TPSA) is 43.6 Å². The summed E-state index contributed by atoms with van der Waals surface area (Å²) in [6.45, 7) is 0. The molecule has 65 heavy (non-hydrogen) atoms. The second kappa shape index (κ2) is 15.0. The molecule has 0 aliphatic carbocycles. The van der Waals surface area contributed by atoms with Crippen LogP contribution < -0.4 is 0 Å². The average molecular weight is 827 g/mol. The minimum atomic E-state index is 0.623. The van der Waals surface area contributed by atoms with Gasteiger partial charge in [0.15, 0.2) is 17.5 Å². The van der Waals surface area contributed by atoms with Crippen molar-refractivity contribution < 1.29 is 0 Å². The molecule has 0 unspecified atom stereocenters. The van der Waals surface area contributed by atoms with Crippen molar-refractivity contribution in [3.05, 3.63) is 231 Å². The highest BCUT2D eigenvalue weighted by Crippen LogP contribution is 2.43. The number of aromatic nitrogens is 4. The van der Waals surface area contributed by atoms with E-state index < -0.39 is 0 Å². The lowest BCUT2D eigenvalue weighted by molar-refractivity contribution is 1.07. The van der Waals surface area contributed by atoms with Gasteiger partial charge in [-0.25, -0.2) is 15.0 Å². The maximum Gasteiger partial charge on any atom is 0.164 e. The number of para-hydroxylation sites is 2. The van der Waals surface area contributed by atoms with Gasteiger partial charge in [-0.15, -0.1) is 0 Å². The first-order chi connectivity index (χ1) is 32.2. The number of benzene rings is 11. The lowest BCUT2D eigenvalue weighted by atomic mass is 9.87. The van der Waals surface area contributed by atoms with Gasteiger partial charge < -0.3 is 4.57 Å². The summed E-state index contributed by atoms with van der Waals surface area (Å²) < 4.78 is 2.33.